The quantitative estimate of drug-likeness (QED) is 0.815. The van der Waals surface area contributed by atoms with Gasteiger partial charge in [-0.1, -0.05) is 31.2 Å². The standard InChI is InChI=1S/C15H23NO2S/c1-5-11-6-8-12(9-7-11)10-19-15(2,3)13(16)14(17)18-4/h6-9,13H,5,10,16H2,1-4H3. The molecule has 1 atom stereocenters. The van der Waals surface area contributed by atoms with Crippen LogP contribution in [-0.4, -0.2) is 23.9 Å². The summed E-state index contributed by atoms with van der Waals surface area (Å²) in [5, 5.41) is 0. The third-order valence-electron chi connectivity index (χ3n) is 3.25. The van der Waals surface area contributed by atoms with Crippen LogP contribution in [0.1, 0.15) is 31.9 Å². The van der Waals surface area contributed by atoms with E-state index in [0.29, 0.717) is 0 Å². The highest BCUT2D eigenvalue weighted by Crippen LogP contribution is 2.31. The van der Waals surface area contributed by atoms with Gasteiger partial charge in [0.1, 0.15) is 6.04 Å². The Morgan fingerprint density at radius 3 is 2.32 bits per heavy atom. The maximum Gasteiger partial charge on any atom is 0.324 e. The van der Waals surface area contributed by atoms with Crippen LogP contribution in [0.4, 0.5) is 0 Å². The number of nitrogens with two attached hydrogens (primary N) is 1. The lowest BCUT2D eigenvalue weighted by atomic mass is 10.1. The third kappa shape index (κ3) is 4.55. The molecular weight excluding hydrogens is 258 g/mol. The van der Waals surface area contributed by atoms with Gasteiger partial charge >= 0.3 is 5.97 Å². The van der Waals surface area contributed by atoms with Crippen LogP contribution in [0.15, 0.2) is 24.3 Å². The number of thioether (sulfide) groups is 1. The largest absolute Gasteiger partial charge is 0.468 e. The van der Waals surface area contributed by atoms with Crippen molar-refractivity contribution in [2.75, 3.05) is 7.11 Å². The van der Waals surface area contributed by atoms with Gasteiger partial charge < -0.3 is 10.5 Å². The molecule has 0 heterocycles. The van der Waals surface area contributed by atoms with Crippen molar-refractivity contribution in [3.05, 3.63) is 35.4 Å². The number of carbonyl (C=O) groups excluding carboxylic acids is 1. The number of carbonyl (C=O) groups is 1. The van der Waals surface area contributed by atoms with Gasteiger partial charge in [-0.3, -0.25) is 4.79 Å². The molecule has 1 aromatic carbocycles. The molecule has 0 aliphatic carbocycles. The Kier molecular flexibility index (Phi) is 5.88. The van der Waals surface area contributed by atoms with Gasteiger partial charge in [-0.25, -0.2) is 0 Å². The number of hydrogen-bond acceptors (Lipinski definition) is 4. The van der Waals surface area contributed by atoms with Gasteiger partial charge in [0.05, 0.1) is 7.11 Å². The van der Waals surface area contributed by atoms with Gasteiger partial charge in [0, 0.05) is 10.5 Å². The summed E-state index contributed by atoms with van der Waals surface area (Å²) in [5.41, 5.74) is 8.50. The molecule has 0 aromatic heterocycles. The molecular formula is C15H23NO2S. The zero-order valence-corrected chi connectivity index (χ0v) is 12.9. The van der Waals surface area contributed by atoms with Crippen molar-refractivity contribution in [3.8, 4) is 0 Å². The van der Waals surface area contributed by atoms with E-state index in [1.807, 2.05) is 13.8 Å². The van der Waals surface area contributed by atoms with E-state index in [9.17, 15) is 4.79 Å². The molecule has 0 saturated carbocycles. The molecule has 2 N–H and O–H groups in total. The van der Waals surface area contributed by atoms with Crippen LogP contribution in [0.25, 0.3) is 0 Å². The molecule has 4 heteroatoms. The lowest BCUT2D eigenvalue weighted by Crippen LogP contribution is -2.47. The van der Waals surface area contributed by atoms with Crippen molar-refractivity contribution in [3.63, 3.8) is 0 Å². The van der Waals surface area contributed by atoms with E-state index in [1.165, 1.54) is 18.2 Å². The fourth-order valence-corrected chi connectivity index (χ4v) is 2.65. The molecule has 0 bridgehead atoms. The van der Waals surface area contributed by atoms with Crippen LogP contribution >= 0.6 is 11.8 Å². The van der Waals surface area contributed by atoms with Crippen LogP contribution < -0.4 is 5.73 Å². The van der Waals surface area contributed by atoms with Crippen molar-refractivity contribution in [1.82, 2.24) is 0 Å². The molecule has 1 aromatic rings. The maximum atomic E-state index is 11.5. The fraction of sp³-hybridized carbons (Fsp3) is 0.533. The lowest BCUT2D eigenvalue weighted by Gasteiger charge is -2.29. The Bertz CT molecular complexity index is 415. The first kappa shape index (κ1) is 16.1. The van der Waals surface area contributed by atoms with Crippen molar-refractivity contribution < 1.29 is 9.53 Å². The Morgan fingerprint density at radius 2 is 1.84 bits per heavy atom. The first-order valence-electron chi connectivity index (χ1n) is 6.46. The Labute approximate surface area is 119 Å². The average molecular weight is 281 g/mol. The van der Waals surface area contributed by atoms with E-state index in [1.54, 1.807) is 11.8 Å². The Hall–Kier alpha value is -1.00. The highest BCUT2D eigenvalue weighted by atomic mass is 32.2. The SMILES string of the molecule is CCc1ccc(CSC(C)(C)C(N)C(=O)OC)cc1. The molecule has 0 saturated heterocycles. The first-order chi connectivity index (χ1) is 8.90. The van der Waals surface area contributed by atoms with E-state index in [-0.39, 0.29) is 10.7 Å². The lowest BCUT2D eigenvalue weighted by molar-refractivity contribution is -0.142. The summed E-state index contributed by atoms with van der Waals surface area (Å²) in [5.74, 6) is 0.473. The predicted octanol–water partition coefficient (Wildman–Crippen LogP) is 2.76. The molecule has 3 nitrogen and oxygen atoms in total. The Morgan fingerprint density at radius 1 is 1.32 bits per heavy atom. The average Bonchev–Trinajstić information content (AvgIpc) is 2.44. The van der Waals surface area contributed by atoms with E-state index >= 15 is 0 Å². The van der Waals surface area contributed by atoms with Gasteiger partial charge in [0.2, 0.25) is 0 Å². The number of aryl methyl sites for hydroxylation is 1. The van der Waals surface area contributed by atoms with Gasteiger partial charge in [0.15, 0.2) is 0 Å². The van der Waals surface area contributed by atoms with E-state index in [0.717, 1.165) is 12.2 Å². The van der Waals surface area contributed by atoms with Gasteiger partial charge in [-0.2, -0.15) is 0 Å². The van der Waals surface area contributed by atoms with E-state index in [2.05, 4.69) is 31.2 Å². The minimum atomic E-state index is -0.614. The van der Waals surface area contributed by atoms with Crippen molar-refractivity contribution >= 4 is 17.7 Å². The first-order valence-corrected chi connectivity index (χ1v) is 7.44. The summed E-state index contributed by atoms with van der Waals surface area (Å²) in [6.45, 7) is 6.08. The summed E-state index contributed by atoms with van der Waals surface area (Å²) in [6, 6.07) is 7.93. The summed E-state index contributed by atoms with van der Waals surface area (Å²) >= 11 is 1.67. The molecule has 0 radical (unpaired) electrons. The number of methoxy groups -OCH3 is 1. The third-order valence-corrected chi connectivity index (χ3v) is 4.72. The van der Waals surface area contributed by atoms with Crippen molar-refractivity contribution in [2.24, 2.45) is 5.73 Å². The number of ether oxygens (including phenoxy) is 1. The molecule has 19 heavy (non-hydrogen) atoms. The van der Waals surface area contributed by atoms with Gasteiger partial charge in [0.25, 0.3) is 0 Å². The summed E-state index contributed by atoms with van der Waals surface area (Å²) in [4.78, 5) is 11.5. The second kappa shape index (κ2) is 6.96. The molecule has 1 unspecified atom stereocenters. The number of hydrogen-bond donors (Lipinski definition) is 1. The minimum Gasteiger partial charge on any atom is -0.468 e. The van der Waals surface area contributed by atoms with Crippen molar-refractivity contribution in [1.29, 1.82) is 0 Å². The zero-order valence-electron chi connectivity index (χ0n) is 12.1. The van der Waals surface area contributed by atoms with Crippen LogP contribution in [-0.2, 0) is 21.7 Å². The second-order valence-electron chi connectivity index (χ2n) is 5.06. The molecule has 0 aliphatic heterocycles. The van der Waals surface area contributed by atoms with Crippen LogP contribution in [0.5, 0.6) is 0 Å². The van der Waals surface area contributed by atoms with Crippen molar-refractivity contribution in [2.45, 2.75) is 43.7 Å². The Balaban J connectivity index is 2.61. The van der Waals surface area contributed by atoms with E-state index < -0.39 is 6.04 Å². The normalized spacial score (nSPS) is 13.1. The molecule has 0 fully saturated rings. The molecule has 0 aliphatic rings. The number of benzene rings is 1. The second-order valence-corrected chi connectivity index (χ2v) is 6.69. The summed E-state index contributed by atoms with van der Waals surface area (Å²) in [7, 11) is 1.37. The number of esters is 1. The summed E-state index contributed by atoms with van der Waals surface area (Å²) in [6.07, 6.45) is 1.05. The summed E-state index contributed by atoms with van der Waals surface area (Å²) < 4.78 is 4.35. The maximum absolute atomic E-state index is 11.5. The zero-order chi connectivity index (χ0) is 14.5. The number of rotatable bonds is 6. The molecule has 106 valence electrons. The van der Waals surface area contributed by atoms with E-state index in [4.69, 9.17) is 10.5 Å². The van der Waals surface area contributed by atoms with Crippen LogP contribution in [0.3, 0.4) is 0 Å². The van der Waals surface area contributed by atoms with Crippen LogP contribution in [0.2, 0.25) is 0 Å². The highest BCUT2D eigenvalue weighted by molar-refractivity contribution is 7.99. The van der Waals surface area contributed by atoms with Gasteiger partial charge in [-0.05, 0) is 31.4 Å². The minimum absolute atomic E-state index is 0.351. The smallest absolute Gasteiger partial charge is 0.324 e. The van der Waals surface area contributed by atoms with Gasteiger partial charge in [-0.15, -0.1) is 11.8 Å². The molecule has 1 rings (SSSR count). The fourth-order valence-electron chi connectivity index (χ4n) is 1.64. The molecule has 0 spiro atoms. The topological polar surface area (TPSA) is 52.3 Å². The predicted molar refractivity (Wildman–Crippen MR) is 81.2 cm³/mol. The monoisotopic (exact) mass is 281 g/mol. The van der Waals surface area contributed by atoms with Crippen LogP contribution in [0, 0.1) is 0 Å². The molecule has 0 amide bonds. The highest BCUT2D eigenvalue weighted by Gasteiger charge is 2.33.